The highest BCUT2D eigenvalue weighted by Gasteiger charge is 2.16. The average Bonchev–Trinajstić information content (AvgIpc) is 2.68. The van der Waals surface area contributed by atoms with Gasteiger partial charge in [0.25, 0.3) is 0 Å². The zero-order valence-electron chi connectivity index (χ0n) is 14.4. The molecule has 0 amide bonds. The third-order valence-corrected chi connectivity index (χ3v) is 5.62. The molecule has 0 radical (unpaired) electrons. The van der Waals surface area contributed by atoms with Gasteiger partial charge in [0.05, 0.1) is 0 Å². The second kappa shape index (κ2) is 8.61. The number of carbonyl (C=O) groups excluding carboxylic acids is 1. The minimum absolute atomic E-state index is 0.0141. The second-order valence-corrected chi connectivity index (χ2v) is 8.12. The van der Waals surface area contributed by atoms with Crippen LogP contribution in [0.5, 0.6) is 5.75 Å². The Bertz CT molecular complexity index is 1120. The number of rotatable bonds is 6. The zero-order chi connectivity index (χ0) is 20.1. The third-order valence-electron chi connectivity index (χ3n) is 3.77. The molecule has 0 spiro atoms. The van der Waals surface area contributed by atoms with Crippen molar-refractivity contribution in [1.29, 1.82) is 0 Å². The summed E-state index contributed by atoms with van der Waals surface area (Å²) in [6.07, 6.45) is 3.03. The van der Waals surface area contributed by atoms with Crippen molar-refractivity contribution in [2.45, 2.75) is 4.90 Å². The van der Waals surface area contributed by atoms with Crippen LogP contribution in [0.25, 0.3) is 6.08 Å². The lowest BCUT2D eigenvalue weighted by molar-refractivity contribution is 0.104. The van der Waals surface area contributed by atoms with Crippen LogP contribution in [0.4, 0.5) is 0 Å². The number of allylic oxidation sites excluding steroid dienone is 1. The van der Waals surface area contributed by atoms with E-state index >= 15 is 0 Å². The lowest BCUT2D eigenvalue weighted by Crippen LogP contribution is -2.09. The van der Waals surface area contributed by atoms with Crippen LogP contribution in [-0.4, -0.2) is 14.2 Å². The van der Waals surface area contributed by atoms with Gasteiger partial charge in [-0.25, -0.2) is 0 Å². The van der Waals surface area contributed by atoms with Crippen molar-refractivity contribution in [1.82, 2.24) is 0 Å². The Balaban J connectivity index is 1.72. The van der Waals surface area contributed by atoms with Gasteiger partial charge in [-0.3, -0.25) is 4.79 Å². The van der Waals surface area contributed by atoms with Crippen molar-refractivity contribution >= 4 is 45.2 Å². The van der Waals surface area contributed by atoms with Gasteiger partial charge in [0.1, 0.15) is 10.6 Å². The Labute approximate surface area is 173 Å². The van der Waals surface area contributed by atoms with Gasteiger partial charge < -0.3 is 4.18 Å². The van der Waals surface area contributed by atoms with E-state index in [9.17, 15) is 13.2 Å². The molecule has 0 saturated carbocycles. The molecule has 28 heavy (non-hydrogen) atoms. The van der Waals surface area contributed by atoms with Crippen LogP contribution in [0.2, 0.25) is 10.0 Å². The van der Waals surface area contributed by atoms with E-state index in [0.29, 0.717) is 15.6 Å². The Morgan fingerprint density at radius 2 is 1.50 bits per heavy atom. The van der Waals surface area contributed by atoms with Crippen LogP contribution in [0, 0.1) is 0 Å². The summed E-state index contributed by atoms with van der Waals surface area (Å²) in [5, 5.41) is 0.967. The van der Waals surface area contributed by atoms with E-state index in [1.807, 2.05) is 6.07 Å². The fraction of sp³-hybridized carbons (Fsp3) is 0. The quantitative estimate of drug-likeness (QED) is 0.286. The van der Waals surface area contributed by atoms with Gasteiger partial charge in [0, 0.05) is 15.6 Å². The summed E-state index contributed by atoms with van der Waals surface area (Å²) in [5.41, 5.74) is 1.12. The molecule has 4 nitrogen and oxygen atoms in total. The first kappa shape index (κ1) is 20.1. The van der Waals surface area contributed by atoms with Gasteiger partial charge >= 0.3 is 10.1 Å². The van der Waals surface area contributed by atoms with E-state index in [1.165, 1.54) is 54.6 Å². The van der Waals surface area contributed by atoms with Gasteiger partial charge in [-0.2, -0.15) is 8.42 Å². The zero-order valence-corrected chi connectivity index (χ0v) is 16.7. The topological polar surface area (TPSA) is 60.4 Å². The Hall–Kier alpha value is -2.60. The molecule has 3 rings (SSSR count). The molecule has 0 unspecified atom stereocenters. The molecule has 3 aromatic carbocycles. The van der Waals surface area contributed by atoms with Crippen LogP contribution < -0.4 is 4.18 Å². The molecule has 142 valence electrons. The maximum atomic E-state index is 12.3. The number of hydrogen-bond acceptors (Lipinski definition) is 4. The minimum Gasteiger partial charge on any atom is -0.379 e. The van der Waals surface area contributed by atoms with Crippen LogP contribution in [-0.2, 0) is 10.1 Å². The standard InChI is InChI=1S/C21H14Cl2O4S/c22-17-8-12-19(13-9-17)28(25,26)27-18-10-5-16(6-11-18)21(24)14-7-15-3-1-2-4-20(15)23/h1-14H/b14-7+. The first-order valence-electron chi connectivity index (χ1n) is 8.12. The number of halogens is 2. The van der Waals surface area contributed by atoms with Crippen LogP contribution >= 0.6 is 23.2 Å². The summed E-state index contributed by atoms with van der Waals surface area (Å²) in [6.45, 7) is 0. The number of ketones is 1. The Morgan fingerprint density at radius 3 is 2.14 bits per heavy atom. The smallest absolute Gasteiger partial charge is 0.339 e. The molecule has 0 aliphatic heterocycles. The molecule has 0 atom stereocenters. The molecule has 0 aromatic heterocycles. The molecule has 0 N–H and O–H groups in total. The van der Waals surface area contributed by atoms with Gasteiger partial charge in [0.15, 0.2) is 5.78 Å². The fourth-order valence-corrected chi connectivity index (χ4v) is 3.58. The van der Waals surface area contributed by atoms with Gasteiger partial charge in [-0.1, -0.05) is 41.4 Å². The lowest BCUT2D eigenvalue weighted by atomic mass is 10.1. The highest BCUT2D eigenvalue weighted by atomic mass is 35.5. The minimum atomic E-state index is -3.99. The number of carbonyl (C=O) groups is 1. The number of benzene rings is 3. The first-order chi connectivity index (χ1) is 13.3. The first-order valence-corrected chi connectivity index (χ1v) is 10.3. The Morgan fingerprint density at radius 1 is 0.857 bits per heavy atom. The fourth-order valence-electron chi connectivity index (χ4n) is 2.32. The van der Waals surface area contributed by atoms with E-state index in [2.05, 4.69) is 0 Å². The molecule has 7 heteroatoms. The molecule has 0 bridgehead atoms. The molecule has 0 fully saturated rings. The summed E-state index contributed by atoms with van der Waals surface area (Å²) < 4.78 is 29.6. The van der Waals surface area contributed by atoms with Gasteiger partial charge in [0.2, 0.25) is 0 Å². The molecule has 3 aromatic rings. The van der Waals surface area contributed by atoms with Crippen LogP contribution in [0.15, 0.2) is 83.8 Å². The summed E-state index contributed by atoms with van der Waals surface area (Å²) in [7, 11) is -3.99. The molecular weight excluding hydrogens is 419 g/mol. The van der Waals surface area contributed by atoms with Crippen LogP contribution in [0.1, 0.15) is 15.9 Å². The summed E-state index contributed by atoms with van der Waals surface area (Å²) in [4.78, 5) is 12.3. The van der Waals surface area contributed by atoms with E-state index in [0.717, 1.165) is 5.56 Å². The Kier molecular flexibility index (Phi) is 6.19. The lowest BCUT2D eigenvalue weighted by Gasteiger charge is -2.07. The monoisotopic (exact) mass is 432 g/mol. The molecule has 0 saturated heterocycles. The highest BCUT2D eigenvalue weighted by Crippen LogP contribution is 2.21. The highest BCUT2D eigenvalue weighted by molar-refractivity contribution is 7.87. The summed E-state index contributed by atoms with van der Waals surface area (Å²) in [6, 6.07) is 18.6. The van der Waals surface area contributed by atoms with Crippen molar-refractivity contribution < 1.29 is 17.4 Å². The molecule has 0 heterocycles. The largest absolute Gasteiger partial charge is 0.379 e. The predicted molar refractivity (Wildman–Crippen MR) is 111 cm³/mol. The van der Waals surface area contributed by atoms with E-state index in [1.54, 1.807) is 24.3 Å². The van der Waals surface area contributed by atoms with Crippen molar-refractivity contribution in [2.24, 2.45) is 0 Å². The van der Waals surface area contributed by atoms with Crippen LogP contribution in [0.3, 0.4) is 0 Å². The summed E-state index contributed by atoms with van der Waals surface area (Å²) >= 11 is 11.8. The van der Waals surface area contributed by atoms with Crippen molar-refractivity contribution in [2.75, 3.05) is 0 Å². The van der Waals surface area contributed by atoms with E-state index in [4.69, 9.17) is 27.4 Å². The molecule has 0 aliphatic carbocycles. The van der Waals surface area contributed by atoms with E-state index < -0.39 is 10.1 Å². The third kappa shape index (κ3) is 5.01. The average molecular weight is 433 g/mol. The van der Waals surface area contributed by atoms with E-state index in [-0.39, 0.29) is 16.4 Å². The maximum absolute atomic E-state index is 12.3. The number of hydrogen-bond donors (Lipinski definition) is 0. The second-order valence-electron chi connectivity index (χ2n) is 5.73. The summed E-state index contributed by atoms with van der Waals surface area (Å²) in [5.74, 6) is -0.145. The normalized spacial score (nSPS) is 11.5. The SMILES string of the molecule is O=C(/C=C/c1ccccc1Cl)c1ccc(OS(=O)(=O)c2ccc(Cl)cc2)cc1. The van der Waals surface area contributed by atoms with Crippen molar-refractivity contribution in [3.05, 3.63) is 100 Å². The maximum Gasteiger partial charge on any atom is 0.339 e. The predicted octanol–water partition coefficient (Wildman–Crippen LogP) is 5.66. The van der Waals surface area contributed by atoms with Crippen molar-refractivity contribution in [3.63, 3.8) is 0 Å². The molecular formula is C21H14Cl2O4S. The van der Waals surface area contributed by atoms with Crippen molar-refractivity contribution in [3.8, 4) is 5.75 Å². The molecule has 0 aliphatic rings. The van der Waals surface area contributed by atoms with Gasteiger partial charge in [-0.05, 0) is 72.3 Å². The van der Waals surface area contributed by atoms with Gasteiger partial charge in [-0.15, -0.1) is 0 Å².